The highest BCUT2D eigenvalue weighted by Gasteiger charge is 2.21. The zero-order valence-electron chi connectivity index (χ0n) is 20.3. The Morgan fingerprint density at radius 2 is 1.71 bits per heavy atom. The summed E-state index contributed by atoms with van der Waals surface area (Å²) in [6, 6.07) is 17.1. The van der Waals surface area contributed by atoms with Gasteiger partial charge in [0.1, 0.15) is 11.6 Å². The number of aromatic nitrogens is 4. The van der Waals surface area contributed by atoms with Gasteiger partial charge in [-0.25, -0.2) is 15.0 Å². The smallest absolute Gasteiger partial charge is 0.142 e. The summed E-state index contributed by atoms with van der Waals surface area (Å²) in [6.07, 6.45) is 1.80. The van der Waals surface area contributed by atoms with E-state index in [2.05, 4.69) is 88.0 Å². The lowest BCUT2D eigenvalue weighted by atomic mass is 9.87. The first-order valence-corrected chi connectivity index (χ1v) is 12.0. The topological polar surface area (TPSA) is 87.0 Å². The second kappa shape index (κ2) is 9.16. The average Bonchev–Trinajstić information content (AvgIpc) is 3.29. The number of nitrogens with two attached hydrogens (primary N) is 1. The number of fused-ring (bicyclic) bond motifs is 1. The van der Waals surface area contributed by atoms with Crippen LogP contribution in [0.25, 0.3) is 22.4 Å². The number of imidazole rings is 1. The third kappa shape index (κ3) is 4.67. The van der Waals surface area contributed by atoms with Gasteiger partial charge < -0.3 is 15.6 Å². The Morgan fingerprint density at radius 1 is 0.941 bits per heavy atom. The van der Waals surface area contributed by atoms with Crippen molar-refractivity contribution in [2.24, 2.45) is 5.73 Å². The highest BCUT2D eigenvalue weighted by Crippen LogP contribution is 2.30. The fourth-order valence-corrected chi connectivity index (χ4v) is 4.55. The molecule has 1 aliphatic rings. The molecule has 0 aliphatic carbocycles. The maximum absolute atomic E-state index is 5.69. The highest BCUT2D eigenvalue weighted by atomic mass is 15.3. The monoisotopic (exact) mass is 455 g/mol. The van der Waals surface area contributed by atoms with Crippen molar-refractivity contribution in [3.63, 3.8) is 0 Å². The summed E-state index contributed by atoms with van der Waals surface area (Å²) in [5.74, 6) is 1.62. The number of anilines is 1. The SMILES string of the molecule is CC(C)(C)c1ccc(-c2nc3cccc(N4CCN(Cc5ccnc(CN)n5)CC4)c3[nH]2)cc1. The molecule has 0 spiro atoms. The number of nitrogens with zero attached hydrogens (tertiary/aromatic N) is 5. The molecule has 0 bridgehead atoms. The summed E-state index contributed by atoms with van der Waals surface area (Å²) in [5, 5.41) is 0. The van der Waals surface area contributed by atoms with Crippen molar-refractivity contribution in [3.8, 4) is 11.4 Å². The van der Waals surface area contributed by atoms with Crippen LogP contribution in [0.4, 0.5) is 5.69 Å². The molecule has 0 radical (unpaired) electrons. The fourth-order valence-electron chi connectivity index (χ4n) is 4.55. The van der Waals surface area contributed by atoms with Gasteiger partial charge in [0.2, 0.25) is 0 Å². The molecule has 5 rings (SSSR count). The molecule has 7 nitrogen and oxygen atoms in total. The minimum Gasteiger partial charge on any atom is -0.367 e. The van der Waals surface area contributed by atoms with Crippen molar-refractivity contribution < 1.29 is 0 Å². The van der Waals surface area contributed by atoms with Gasteiger partial charge in [0.15, 0.2) is 0 Å². The number of rotatable bonds is 5. The maximum atomic E-state index is 5.69. The van der Waals surface area contributed by atoms with Crippen molar-refractivity contribution in [1.29, 1.82) is 0 Å². The second-order valence-corrected chi connectivity index (χ2v) is 10.0. The molecule has 34 heavy (non-hydrogen) atoms. The number of hydrogen-bond acceptors (Lipinski definition) is 6. The van der Waals surface area contributed by atoms with Crippen LogP contribution < -0.4 is 10.6 Å². The second-order valence-electron chi connectivity index (χ2n) is 10.0. The predicted octanol–water partition coefficient (Wildman–Crippen LogP) is 4.10. The number of hydrogen-bond donors (Lipinski definition) is 2. The van der Waals surface area contributed by atoms with Gasteiger partial charge >= 0.3 is 0 Å². The molecule has 0 saturated carbocycles. The minimum absolute atomic E-state index is 0.141. The first kappa shape index (κ1) is 22.5. The Labute approximate surface area is 201 Å². The third-order valence-electron chi connectivity index (χ3n) is 6.56. The van der Waals surface area contributed by atoms with Crippen molar-refractivity contribution in [1.82, 2.24) is 24.8 Å². The summed E-state index contributed by atoms with van der Waals surface area (Å²) in [5.41, 5.74) is 12.6. The molecule has 0 unspecified atom stereocenters. The van der Waals surface area contributed by atoms with E-state index in [1.165, 1.54) is 11.3 Å². The minimum atomic E-state index is 0.141. The van der Waals surface area contributed by atoms with E-state index in [9.17, 15) is 0 Å². The standard InChI is InChI=1S/C27H33N7/c1-27(2,3)20-9-7-19(8-10-20)26-31-22-5-4-6-23(25(22)32-26)34-15-13-33(14-16-34)18-21-11-12-29-24(17-28)30-21/h4-12H,13-18,28H2,1-3H3,(H,31,32). The lowest BCUT2D eigenvalue weighted by Gasteiger charge is -2.36. The lowest BCUT2D eigenvalue weighted by Crippen LogP contribution is -2.46. The van der Waals surface area contributed by atoms with Crippen molar-refractivity contribution >= 4 is 16.7 Å². The van der Waals surface area contributed by atoms with Gasteiger partial charge in [0, 0.05) is 44.5 Å². The van der Waals surface area contributed by atoms with E-state index in [0.717, 1.165) is 60.8 Å². The van der Waals surface area contributed by atoms with Crippen LogP contribution in [0.5, 0.6) is 0 Å². The molecule has 1 aliphatic heterocycles. The Morgan fingerprint density at radius 3 is 2.41 bits per heavy atom. The number of H-pyrrole nitrogens is 1. The van der Waals surface area contributed by atoms with Crippen LogP contribution in [-0.2, 0) is 18.5 Å². The Balaban J connectivity index is 1.31. The van der Waals surface area contributed by atoms with E-state index in [-0.39, 0.29) is 5.41 Å². The van der Waals surface area contributed by atoms with Crippen LogP contribution in [0.15, 0.2) is 54.7 Å². The molecule has 3 N–H and O–H groups in total. The van der Waals surface area contributed by atoms with Crippen LogP contribution in [0.3, 0.4) is 0 Å². The van der Waals surface area contributed by atoms with Crippen LogP contribution in [0, 0.1) is 0 Å². The summed E-state index contributed by atoms with van der Waals surface area (Å²) in [4.78, 5) is 22.1. The van der Waals surface area contributed by atoms with Crippen LogP contribution in [0.1, 0.15) is 37.9 Å². The molecule has 2 aromatic heterocycles. The first-order valence-electron chi connectivity index (χ1n) is 12.0. The molecule has 1 saturated heterocycles. The summed E-state index contributed by atoms with van der Waals surface area (Å²) >= 11 is 0. The van der Waals surface area contributed by atoms with E-state index in [1.54, 1.807) is 6.20 Å². The largest absolute Gasteiger partial charge is 0.367 e. The summed E-state index contributed by atoms with van der Waals surface area (Å²) in [7, 11) is 0. The third-order valence-corrected chi connectivity index (χ3v) is 6.56. The van der Waals surface area contributed by atoms with Crippen LogP contribution >= 0.6 is 0 Å². The van der Waals surface area contributed by atoms with E-state index in [1.807, 2.05) is 6.07 Å². The first-order chi connectivity index (χ1) is 16.4. The summed E-state index contributed by atoms with van der Waals surface area (Å²) in [6.45, 7) is 11.8. The molecular weight excluding hydrogens is 422 g/mol. The van der Waals surface area contributed by atoms with Gasteiger partial charge in [-0.2, -0.15) is 0 Å². The number of para-hydroxylation sites is 1. The van der Waals surface area contributed by atoms with Gasteiger partial charge in [-0.05, 0) is 29.2 Å². The molecule has 176 valence electrons. The van der Waals surface area contributed by atoms with Gasteiger partial charge in [0.25, 0.3) is 0 Å². The molecule has 4 aromatic rings. The zero-order valence-corrected chi connectivity index (χ0v) is 20.3. The van der Waals surface area contributed by atoms with Gasteiger partial charge in [-0.1, -0.05) is 51.1 Å². The van der Waals surface area contributed by atoms with E-state index < -0.39 is 0 Å². The normalized spacial score (nSPS) is 15.2. The van der Waals surface area contributed by atoms with E-state index in [0.29, 0.717) is 12.4 Å². The summed E-state index contributed by atoms with van der Waals surface area (Å²) < 4.78 is 0. The van der Waals surface area contributed by atoms with E-state index in [4.69, 9.17) is 10.7 Å². The molecular formula is C27H33N7. The van der Waals surface area contributed by atoms with Crippen molar-refractivity contribution in [2.75, 3.05) is 31.1 Å². The van der Waals surface area contributed by atoms with E-state index >= 15 is 0 Å². The van der Waals surface area contributed by atoms with Crippen molar-refractivity contribution in [3.05, 3.63) is 71.8 Å². The van der Waals surface area contributed by atoms with Crippen molar-refractivity contribution in [2.45, 2.75) is 39.3 Å². The molecule has 3 heterocycles. The number of benzene rings is 2. The molecule has 1 fully saturated rings. The van der Waals surface area contributed by atoms with Crippen LogP contribution in [-0.4, -0.2) is 51.0 Å². The quantitative estimate of drug-likeness (QED) is 0.471. The Hall–Kier alpha value is -3.29. The number of aromatic amines is 1. The molecule has 0 atom stereocenters. The Kier molecular flexibility index (Phi) is 6.06. The average molecular weight is 456 g/mol. The fraction of sp³-hybridized carbons (Fsp3) is 0.370. The zero-order chi connectivity index (χ0) is 23.7. The lowest BCUT2D eigenvalue weighted by molar-refractivity contribution is 0.247. The number of nitrogens with one attached hydrogen (secondary N) is 1. The number of piperazine rings is 1. The molecule has 0 amide bonds. The Bertz CT molecular complexity index is 1260. The highest BCUT2D eigenvalue weighted by molar-refractivity contribution is 5.91. The van der Waals surface area contributed by atoms with Gasteiger partial charge in [-0.15, -0.1) is 0 Å². The molecule has 2 aromatic carbocycles. The van der Waals surface area contributed by atoms with Crippen LogP contribution in [0.2, 0.25) is 0 Å². The van der Waals surface area contributed by atoms with Gasteiger partial charge in [-0.3, -0.25) is 4.90 Å². The van der Waals surface area contributed by atoms with Gasteiger partial charge in [0.05, 0.1) is 29.0 Å². The predicted molar refractivity (Wildman–Crippen MR) is 138 cm³/mol. The maximum Gasteiger partial charge on any atom is 0.142 e. The molecule has 7 heteroatoms.